The molecule has 0 amide bonds. The fourth-order valence-electron chi connectivity index (χ4n) is 3.57. The van der Waals surface area contributed by atoms with E-state index in [2.05, 4.69) is 18.7 Å². The number of piperidine rings is 1. The van der Waals surface area contributed by atoms with Crippen LogP contribution in [0.15, 0.2) is 0 Å². The smallest absolute Gasteiger partial charge is 0.0329 e. The van der Waals surface area contributed by atoms with E-state index in [4.69, 9.17) is 5.73 Å². The maximum absolute atomic E-state index is 6.00. The minimum Gasteiger partial charge on any atom is -0.329 e. The zero-order valence-corrected chi connectivity index (χ0v) is 9.63. The molecule has 14 heavy (non-hydrogen) atoms. The Morgan fingerprint density at radius 1 is 1.29 bits per heavy atom. The van der Waals surface area contributed by atoms with E-state index in [1.807, 2.05) is 0 Å². The number of nitrogens with two attached hydrogens (primary N) is 1. The molecular formula is C12H24N2. The van der Waals surface area contributed by atoms with Gasteiger partial charge in [-0.2, -0.15) is 0 Å². The number of likely N-dealkylation sites (tertiary alicyclic amines) is 1. The number of hydrogen-bond acceptors (Lipinski definition) is 2. The normalized spacial score (nSPS) is 32.8. The summed E-state index contributed by atoms with van der Waals surface area (Å²) in [6.45, 7) is 6.75. The van der Waals surface area contributed by atoms with Crippen molar-refractivity contribution in [2.24, 2.45) is 11.7 Å². The van der Waals surface area contributed by atoms with Crippen LogP contribution in [0.4, 0.5) is 0 Å². The minimum atomic E-state index is 0.319. The van der Waals surface area contributed by atoms with Gasteiger partial charge in [-0.3, -0.25) is 4.90 Å². The van der Waals surface area contributed by atoms with Crippen molar-refractivity contribution in [1.82, 2.24) is 4.90 Å². The van der Waals surface area contributed by atoms with Gasteiger partial charge in [0.15, 0.2) is 0 Å². The molecule has 0 aromatic carbocycles. The minimum absolute atomic E-state index is 0.319. The van der Waals surface area contributed by atoms with Crippen molar-refractivity contribution in [1.29, 1.82) is 0 Å². The second-order valence-electron chi connectivity index (χ2n) is 5.12. The molecule has 1 heterocycles. The number of hydrogen-bond donors (Lipinski definition) is 1. The van der Waals surface area contributed by atoms with Crippen molar-refractivity contribution in [3.63, 3.8) is 0 Å². The third kappa shape index (κ3) is 1.40. The highest BCUT2D eigenvalue weighted by Crippen LogP contribution is 2.42. The third-order valence-corrected chi connectivity index (χ3v) is 4.71. The SMILES string of the molecule is CCC(CC)(CN)N1CC2CCC1C2. The standard InChI is InChI=1S/C12H24N2/c1-3-12(4-2,9-13)14-8-10-5-6-11(14)7-10/h10-11H,3-9,13H2,1-2H3. The summed E-state index contributed by atoms with van der Waals surface area (Å²) in [5.41, 5.74) is 6.32. The maximum atomic E-state index is 6.00. The molecule has 0 aromatic heterocycles. The molecule has 1 saturated heterocycles. The van der Waals surface area contributed by atoms with Crippen LogP contribution in [0.5, 0.6) is 0 Å². The second-order valence-corrected chi connectivity index (χ2v) is 5.12. The molecule has 0 spiro atoms. The van der Waals surface area contributed by atoms with Crippen molar-refractivity contribution in [2.45, 2.75) is 57.5 Å². The lowest BCUT2D eigenvalue weighted by Crippen LogP contribution is -2.56. The molecule has 0 aromatic rings. The molecule has 2 atom stereocenters. The molecule has 2 N–H and O–H groups in total. The molecular weight excluding hydrogens is 172 g/mol. The lowest BCUT2D eigenvalue weighted by atomic mass is 9.88. The first kappa shape index (κ1) is 10.4. The van der Waals surface area contributed by atoms with Crippen LogP contribution in [-0.4, -0.2) is 29.6 Å². The zero-order valence-electron chi connectivity index (χ0n) is 9.63. The van der Waals surface area contributed by atoms with Gasteiger partial charge in [-0.25, -0.2) is 0 Å². The number of fused-ring (bicyclic) bond motifs is 2. The third-order valence-electron chi connectivity index (χ3n) is 4.71. The van der Waals surface area contributed by atoms with E-state index in [0.29, 0.717) is 5.54 Å². The van der Waals surface area contributed by atoms with Crippen molar-refractivity contribution in [3.8, 4) is 0 Å². The maximum Gasteiger partial charge on any atom is 0.0329 e. The topological polar surface area (TPSA) is 29.3 Å². The Morgan fingerprint density at radius 2 is 2.00 bits per heavy atom. The highest BCUT2D eigenvalue weighted by Gasteiger charge is 2.45. The summed E-state index contributed by atoms with van der Waals surface area (Å²) in [6, 6.07) is 0.864. The first-order valence-electron chi connectivity index (χ1n) is 6.22. The fourth-order valence-corrected chi connectivity index (χ4v) is 3.57. The molecule has 0 radical (unpaired) electrons. The summed E-state index contributed by atoms with van der Waals surface area (Å²) in [4.78, 5) is 2.74. The zero-order chi connectivity index (χ0) is 10.2. The lowest BCUT2D eigenvalue weighted by Gasteiger charge is -2.45. The Kier molecular flexibility index (Phi) is 2.85. The van der Waals surface area contributed by atoms with Crippen LogP contribution in [0.25, 0.3) is 0 Å². The lowest BCUT2D eigenvalue weighted by molar-refractivity contribution is 0.0533. The van der Waals surface area contributed by atoms with Crippen molar-refractivity contribution >= 4 is 0 Å². The van der Waals surface area contributed by atoms with Gasteiger partial charge >= 0.3 is 0 Å². The van der Waals surface area contributed by atoms with E-state index in [1.54, 1.807) is 0 Å². The molecule has 2 nitrogen and oxygen atoms in total. The molecule has 1 saturated carbocycles. The molecule has 82 valence electrons. The van der Waals surface area contributed by atoms with Crippen LogP contribution in [0.1, 0.15) is 46.0 Å². The monoisotopic (exact) mass is 196 g/mol. The first-order chi connectivity index (χ1) is 6.75. The van der Waals surface area contributed by atoms with E-state index in [0.717, 1.165) is 18.5 Å². The Labute approximate surface area is 87.8 Å². The van der Waals surface area contributed by atoms with Gasteiger partial charge in [0.2, 0.25) is 0 Å². The van der Waals surface area contributed by atoms with Crippen LogP contribution in [0, 0.1) is 5.92 Å². The van der Waals surface area contributed by atoms with Crippen LogP contribution >= 0.6 is 0 Å². The van der Waals surface area contributed by atoms with E-state index < -0.39 is 0 Å². The summed E-state index contributed by atoms with van der Waals surface area (Å²) >= 11 is 0. The van der Waals surface area contributed by atoms with Gasteiger partial charge in [-0.1, -0.05) is 13.8 Å². The van der Waals surface area contributed by atoms with Gasteiger partial charge in [-0.05, 0) is 38.0 Å². The van der Waals surface area contributed by atoms with Crippen LogP contribution < -0.4 is 5.73 Å². The molecule has 2 unspecified atom stereocenters. The summed E-state index contributed by atoms with van der Waals surface area (Å²) in [5, 5.41) is 0. The first-order valence-corrected chi connectivity index (χ1v) is 6.22. The Balaban J connectivity index is 2.12. The van der Waals surface area contributed by atoms with E-state index in [-0.39, 0.29) is 0 Å². The average Bonchev–Trinajstić information content (AvgIpc) is 2.83. The molecule has 2 rings (SSSR count). The predicted octanol–water partition coefficient (Wildman–Crippen LogP) is 1.99. The van der Waals surface area contributed by atoms with Crippen molar-refractivity contribution in [3.05, 3.63) is 0 Å². The van der Waals surface area contributed by atoms with Crippen LogP contribution in [-0.2, 0) is 0 Å². The van der Waals surface area contributed by atoms with Gasteiger partial charge in [-0.15, -0.1) is 0 Å². The summed E-state index contributed by atoms with van der Waals surface area (Å²) < 4.78 is 0. The molecule has 2 aliphatic rings. The summed E-state index contributed by atoms with van der Waals surface area (Å²) in [7, 11) is 0. The largest absolute Gasteiger partial charge is 0.329 e. The average molecular weight is 196 g/mol. The molecule has 2 fully saturated rings. The van der Waals surface area contributed by atoms with Gasteiger partial charge < -0.3 is 5.73 Å². The summed E-state index contributed by atoms with van der Waals surface area (Å²) in [6.07, 6.45) is 6.76. The van der Waals surface area contributed by atoms with E-state index >= 15 is 0 Å². The van der Waals surface area contributed by atoms with E-state index in [9.17, 15) is 0 Å². The quantitative estimate of drug-likeness (QED) is 0.745. The molecule has 2 heteroatoms. The highest BCUT2D eigenvalue weighted by molar-refractivity contribution is 5.01. The van der Waals surface area contributed by atoms with Crippen molar-refractivity contribution in [2.75, 3.05) is 13.1 Å². The molecule has 1 aliphatic carbocycles. The van der Waals surface area contributed by atoms with E-state index in [1.165, 1.54) is 38.6 Å². The Morgan fingerprint density at radius 3 is 2.36 bits per heavy atom. The van der Waals surface area contributed by atoms with Crippen LogP contribution in [0.3, 0.4) is 0 Å². The highest BCUT2D eigenvalue weighted by atomic mass is 15.3. The summed E-state index contributed by atoms with van der Waals surface area (Å²) in [5.74, 6) is 0.990. The van der Waals surface area contributed by atoms with Crippen LogP contribution in [0.2, 0.25) is 0 Å². The Hall–Kier alpha value is -0.0800. The van der Waals surface area contributed by atoms with Crippen molar-refractivity contribution < 1.29 is 0 Å². The Bertz CT molecular complexity index is 190. The molecule has 1 aliphatic heterocycles. The fraction of sp³-hybridized carbons (Fsp3) is 1.00. The van der Waals surface area contributed by atoms with Gasteiger partial charge in [0.25, 0.3) is 0 Å². The van der Waals surface area contributed by atoms with Gasteiger partial charge in [0.05, 0.1) is 0 Å². The number of nitrogens with zero attached hydrogens (tertiary/aromatic N) is 1. The van der Waals surface area contributed by atoms with Gasteiger partial charge in [0.1, 0.15) is 0 Å². The number of rotatable bonds is 4. The second kappa shape index (κ2) is 3.82. The van der Waals surface area contributed by atoms with Gasteiger partial charge in [0, 0.05) is 24.7 Å². The molecule has 2 bridgehead atoms. The predicted molar refractivity (Wildman–Crippen MR) is 60.2 cm³/mol.